The Morgan fingerprint density at radius 2 is 2.21 bits per heavy atom. The van der Waals surface area contributed by atoms with Gasteiger partial charge >= 0.3 is 13.3 Å². The third-order valence-corrected chi connectivity index (χ3v) is 4.86. The van der Waals surface area contributed by atoms with Crippen molar-refractivity contribution in [1.29, 1.82) is 0 Å². The van der Waals surface area contributed by atoms with Crippen LogP contribution in [0.2, 0.25) is 0 Å². The van der Waals surface area contributed by atoms with E-state index in [-0.39, 0.29) is 38.4 Å². The molecule has 24 heavy (non-hydrogen) atoms. The maximum Gasteiger partial charge on any atom is 0.356 e. The molecule has 0 aliphatic carbocycles. The van der Waals surface area contributed by atoms with Crippen molar-refractivity contribution in [2.75, 3.05) is 31.5 Å². The van der Waals surface area contributed by atoms with Gasteiger partial charge in [0, 0.05) is 6.20 Å². The molecule has 136 valence electrons. The fourth-order valence-corrected chi connectivity index (χ4v) is 3.58. The van der Waals surface area contributed by atoms with Gasteiger partial charge in [0.15, 0.2) is 6.35 Å². The monoisotopic (exact) mass is 363 g/mol. The van der Waals surface area contributed by atoms with Crippen molar-refractivity contribution in [2.45, 2.75) is 32.3 Å². The highest BCUT2D eigenvalue weighted by atomic mass is 31.2. The van der Waals surface area contributed by atoms with Crippen molar-refractivity contribution in [3.63, 3.8) is 0 Å². The van der Waals surface area contributed by atoms with Gasteiger partial charge in [-0.1, -0.05) is 0 Å². The molecule has 0 radical (unpaired) electrons. The van der Waals surface area contributed by atoms with Crippen LogP contribution >= 0.6 is 7.60 Å². The summed E-state index contributed by atoms with van der Waals surface area (Å²) in [4.78, 5) is 17.4. The van der Waals surface area contributed by atoms with E-state index in [9.17, 15) is 14.5 Å². The van der Waals surface area contributed by atoms with E-state index in [4.69, 9.17) is 18.5 Å². The number of aromatic nitrogens is 2. The fourth-order valence-electron chi connectivity index (χ4n) is 2.21. The van der Waals surface area contributed by atoms with Crippen molar-refractivity contribution < 1.29 is 28.2 Å². The molecule has 0 unspecified atom stereocenters. The van der Waals surface area contributed by atoms with Crippen LogP contribution in [0.5, 0.6) is 0 Å². The Labute approximate surface area is 139 Å². The number of rotatable bonds is 9. The third-order valence-electron chi connectivity index (χ3n) is 3.11. The summed E-state index contributed by atoms with van der Waals surface area (Å²) in [6.45, 7) is 3.79. The summed E-state index contributed by atoms with van der Waals surface area (Å²) in [5.74, 6) is -1.29. The van der Waals surface area contributed by atoms with Crippen molar-refractivity contribution >= 4 is 13.4 Å². The van der Waals surface area contributed by atoms with Crippen molar-refractivity contribution in [1.82, 2.24) is 9.97 Å². The van der Waals surface area contributed by atoms with Crippen LogP contribution in [0.3, 0.4) is 0 Å². The maximum absolute atomic E-state index is 12.5. The predicted molar refractivity (Wildman–Crippen MR) is 84.6 cm³/mol. The van der Waals surface area contributed by atoms with Crippen molar-refractivity contribution in [2.24, 2.45) is 0 Å². The third kappa shape index (κ3) is 5.10. The average Bonchev–Trinajstić information content (AvgIpc) is 2.87. The molecule has 10 nitrogen and oxygen atoms in total. The van der Waals surface area contributed by atoms with Gasteiger partial charge in [0.25, 0.3) is 5.91 Å². The number of hydrogen-bond donors (Lipinski definition) is 3. The van der Waals surface area contributed by atoms with Gasteiger partial charge in [-0.15, -0.1) is 0 Å². The molecular formula is C13H22N3O7P. The van der Waals surface area contributed by atoms with Crippen molar-refractivity contribution in [3.05, 3.63) is 22.7 Å². The molecule has 0 aromatic carbocycles. The Morgan fingerprint density at radius 3 is 2.75 bits per heavy atom. The zero-order chi connectivity index (χ0) is 17.6. The van der Waals surface area contributed by atoms with E-state index < -0.39 is 25.3 Å². The second-order valence-electron chi connectivity index (χ2n) is 5.05. The number of nitrogens with zero attached hydrogens (tertiary/aromatic N) is 1. The Kier molecular flexibility index (Phi) is 6.50. The van der Waals surface area contributed by atoms with E-state index in [0.29, 0.717) is 0 Å². The van der Waals surface area contributed by atoms with Crippen LogP contribution in [0.25, 0.3) is 0 Å². The average molecular weight is 363 g/mol. The lowest BCUT2D eigenvalue weighted by molar-refractivity contribution is -0.180. The Morgan fingerprint density at radius 1 is 1.50 bits per heavy atom. The Bertz CT molecular complexity index is 630. The quantitative estimate of drug-likeness (QED) is 0.431. The van der Waals surface area contributed by atoms with Crippen LogP contribution in [0.4, 0.5) is 5.82 Å². The summed E-state index contributed by atoms with van der Waals surface area (Å²) in [5.41, 5.74) is -0.553. The number of aliphatic hydroxyl groups excluding tert-OH is 1. The van der Waals surface area contributed by atoms with Gasteiger partial charge in [-0.25, -0.2) is 4.79 Å². The lowest BCUT2D eigenvalue weighted by atomic mass is 10.2. The largest absolute Gasteiger partial charge is 0.390 e. The number of aliphatic hydroxyl groups is 1. The minimum Gasteiger partial charge on any atom is -0.390 e. The van der Waals surface area contributed by atoms with E-state index in [1.54, 1.807) is 13.8 Å². The van der Waals surface area contributed by atoms with Gasteiger partial charge < -0.3 is 33.9 Å². The minimum absolute atomic E-state index is 0.0176. The molecule has 2 rings (SSSR count). The first-order valence-electron chi connectivity index (χ1n) is 7.58. The SMILES string of the molecule is CCOP(=O)(CO[C@]1(Nc2cc[nH]c(=O)n2)C[C@H](O)CO1)OCC. The number of H-pyrrole nitrogens is 1. The Hall–Kier alpha value is -1.29. The van der Waals surface area contributed by atoms with Gasteiger partial charge in [-0.05, 0) is 19.9 Å². The summed E-state index contributed by atoms with van der Waals surface area (Å²) in [5, 5.41) is 12.6. The number of ether oxygens (including phenoxy) is 2. The summed E-state index contributed by atoms with van der Waals surface area (Å²) in [6, 6.07) is 1.51. The highest BCUT2D eigenvalue weighted by molar-refractivity contribution is 7.53. The molecule has 1 aromatic rings. The van der Waals surface area contributed by atoms with E-state index >= 15 is 0 Å². The van der Waals surface area contributed by atoms with Crippen LogP contribution in [0.1, 0.15) is 20.3 Å². The summed E-state index contributed by atoms with van der Waals surface area (Å²) < 4.78 is 33.9. The molecule has 0 bridgehead atoms. The van der Waals surface area contributed by atoms with Crippen LogP contribution < -0.4 is 11.0 Å². The molecule has 0 saturated carbocycles. The topological polar surface area (TPSA) is 132 Å². The first-order chi connectivity index (χ1) is 11.4. The summed E-state index contributed by atoms with van der Waals surface area (Å²) in [7, 11) is -3.46. The molecule has 3 N–H and O–H groups in total. The molecular weight excluding hydrogens is 341 g/mol. The second-order valence-corrected chi connectivity index (χ2v) is 7.04. The van der Waals surface area contributed by atoms with E-state index in [1.807, 2.05) is 0 Å². The summed E-state index contributed by atoms with van der Waals surface area (Å²) in [6.07, 6.45) is 0.303. The van der Waals surface area contributed by atoms with Crippen LogP contribution in [0, 0.1) is 0 Å². The Balaban J connectivity index is 2.13. The lowest BCUT2D eigenvalue weighted by Gasteiger charge is -2.30. The highest BCUT2D eigenvalue weighted by Gasteiger charge is 2.44. The van der Waals surface area contributed by atoms with Crippen LogP contribution in [-0.2, 0) is 23.1 Å². The fraction of sp³-hybridized carbons (Fsp3) is 0.692. The molecule has 2 atom stereocenters. The van der Waals surface area contributed by atoms with Gasteiger partial charge in [-0.3, -0.25) is 4.57 Å². The molecule has 2 heterocycles. The van der Waals surface area contributed by atoms with Crippen LogP contribution in [0.15, 0.2) is 17.1 Å². The summed E-state index contributed by atoms with van der Waals surface area (Å²) >= 11 is 0. The minimum atomic E-state index is -3.46. The highest BCUT2D eigenvalue weighted by Crippen LogP contribution is 2.49. The molecule has 1 aliphatic heterocycles. The normalized spacial score (nSPS) is 24.2. The van der Waals surface area contributed by atoms with E-state index in [2.05, 4.69) is 15.3 Å². The predicted octanol–water partition coefficient (Wildman–Crippen LogP) is 0.857. The maximum atomic E-state index is 12.5. The molecule has 0 amide bonds. The zero-order valence-electron chi connectivity index (χ0n) is 13.6. The number of anilines is 1. The van der Waals surface area contributed by atoms with Gasteiger partial charge in [0.1, 0.15) is 5.82 Å². The van der Waals surface area contributed by atoms with E-state index in [1.165, 1.54) is 12.3 Å². The van der Waals surface area contributed by atoms with Gasteiger partial charge in [-0.2, -0.15) is 4.98 Å². The number of aromatic amines is 1. The molecule has 1 aliphatic rings. The molecule has 0 spiro atoms. The molecule has 11 heteroatoms. The van der Waals surface area contributed by atoms with E-state index in [0.717, 1.165) is 0 Å². The van der Waals surface area contributed by atoms with Gasteiger partial charge in [0.2, 0.25) is 0 Å². The number of nitrogens with one attached hydrogen (secondary N) is 2. The van der Waals surface area contributed by atoms with Gasteiger partial charge in [0.05, 0.1) is 32.3 Å². The second kappa shape index (κ2) is 8.19. The van der Waals surface area contributed by atoms with Crippen molar-refractivity contribution in [3.8, 4) is 0 Å². The molecule has 1 fully saturated rings. The zero-order valence-corrected chi connectivity index (χ0v) is 14.5. The first-order valence-corrected chi connectivity index (χ1v) is 9.31. The molecule has 1 saturated heterocycles. The van der Waals surface area contributed by atoms with Crippen LogP contribution in [-0.4, -0.2) is 53.3 Å². The lowest BCUT2D eigenvalue weighted by Crippen LogP contribution is -2.42. The molecule has 1 aromatic heterocycles. The smallest absolute Gasteiger partial charge is 0.356 e. The standard InChI is InChI=1S/C13H22N3O7P/c1-3-22-24(19,23-4-2)9-21-13(7-10(17)8-20-13)16-11-5-6-14-12(18)15-11/h5-6,10,17H,3-4,7-9H2,1-2H3,(H2,14,15,16,18)/t10-,13-/m0/s1. The first kappa shape index (κ1) is 19.0. The number of hydrogen-bond acceptors (Lipinski definition) is 9.